The molecule has 0 radical (unpaired) electrons. The van der Waals surface area contributed by atoms with E-state index in [1.807, 2.05) is 0 Å². The zero-order valence-corrected chi connectivity index (χ0v) is 11.6. The third kappa shape index (κ3) is 6.34. The van der Waals surface area contributed by atoms with Crippen LogP contribution in [0.25, 0.3) is 0 Å². The van der Waals surface area contributed by atoms with Crippen molar-refractivity contribution < 1.29 is 28.6 Å². The van der Waals surface area contributed by atoms with Crippen molar-refractivity contribution in [3.8, 4) is 0 Å². The number of esters is 3. The lowest BCUT2D eigenvalue weighted by Gasteiger charge is -2.08. The first-order chi connectivity index (χ1) is 9.15. The van der Waals surface area contributed by atoms with E-state index in [2.05, 4.69) is 24.5 Å². The lowest BCUT2D eigenvalue weighted by atomic mass is 10.4. The maximum atomic E-state index is 11.3. The van der Waals surface area contributed by atoms with Crippen LogP contribution >= 0.6 is 0 Å². The first-order valence-corrected chi connectivity index (χ1v) is 5.47. The van der Waals surface area contributed by atoms with Crippen LogP contribution in [0.5, 0.6) is 0 Å². The Balaban J connectivity index is 5.00. The number of hydrogen-bond acceptors (Lipinski definition) is 6. The van der Waals surface area contributed by atoms with Crippen LogP contribution in [0.15, 0.2) is 48.7 Å². The number of hydrogen-bond donors (Lipinski definition) is 0. The molecule has 108 valence electrons. The molecule has 0 atom stereocenters. The second kappa shape index (κ2) is 7.73. The molecule has 20 heavy (non-hydrogen) atoms. The van der Waals surface area contributed by atoms with Gasteiger partial charge in [-0.1, -0.05) is 19.7 Å². The molecular formula is C14H16O6. The van der Waals surface area contributed by atoms with E-state index in [0.717, 1.165) is 0 Å². The predicted molar refractivity (Wildman–Crippen MR) is 70.8 cm³/mol. The van der Waals surface area contributed by atoms with E-state index in [1.165, 1.54) is 20.8 Å². The minimum atomic E-state index is -0.836. The number of ether oxygens (including phenoxy) is 3. The highest BCUT2D eigenvalue weighted by Crippen LogP contribution is 2.08. The molecule has 0 spiro atoms. The van der Waals surface area contributed by atoms with Gasteiger partial charge in [0.15, 0.2) is 6.26 Å². The summed E-state index contributed by atoms with van der Waals surface area (Å²) in [6.45, 7) is 14.3. The fourth-order valence-electron chi connectivity index (χ4n) is 0.628. The summed E-state index contributed by atoms with van der Waals surface area (Å²) in [4.78, 5) is 33.9. The Morgan fingerprint density at radius 1 is 0.750 bits per heavy atom. The highest BCUT2D eigenvalue weighted by atomic mass is 16.7. The average Bonchev–Trinajstić information content (AvgIpc) is 2.34. The van der Waals surface area contributed by atoms with Gasteiger partial charge in [-0.15, -0.1) is 0 Å². The summed E-state index contributed by atoms with van der Waals surface area (Å²) in [5, 5.41) is 0. The van der Waals surface area contributed by atoms with Crippen molar-refractivity contribution >= 4 is 17.9 Å². The number of carbonyl (C=O) groups excluding carboxylic acids is 3. The van der Waals surface area contributed by atoms with Crippen LogP contribution in [0, 0.1) is 0 Å². The first-order valence-electron chi connectivity index (χ1n) is 5.47. The second-order valence-electron chi connectivity index (χ2n) is 3.96. The van der Waals surface area contributed by atoms with Gasteiger partial charge in [0, 0.05) is 16.7 Å². The SMILES string of the molecule is C=C(C)C(=O)OC=C(OC(=O)C(=C)C)OC(=O)C(=C)C. The minimum Gasteiger partial charge on any atom is -0.424 e. The molecule has 0 rings (SSSR count). The summed E-state index contributed by atoms with van der Waals surface area (Å²) in [7, 11) is 0. The van der Waals surface area contributed by atoms with E-state index in [0.29, 0.717) is 6.26 Å². The van der Waals surface area contributed by atoms with Gasteiger partial charge < -0.3 is 14.2 Å². The quantitative estimate of drug-likeness (QED) is 0.421. The van der Waals surface area contributed by atoms with E-state index >= 15 is 0 Å². The molecule has 6 nitrogen and oxygen atoms in total. The lowest BCUT2D eigenvalue weighted by Crippen LogP contribution is -2.13. The third-order valence-corrected chi connectivity index (χ3v) is 1.69. The van der Waals surface area contributed by atoms with Crippen LogP contribution < -0.4 is 0 Å². The van der Waals surface area contributed by atoms with E-state index in [9.17, 15) is 14.4 Å². The molecular weight excluding hydrogens is 264 g/mol. The van der Waals surface area contributed by atoms with Crippen molar-refractivity contribution in [3.05, 3.63) is 48.7 Å². The molecule has 0 amide bonds. The Morgan fingerprint density at radius 3 is 1.40 bits per heavy atom. The molecule has 6 heteroatoms. The Bertz CT molecular complexity index is 480. The van der Waals surface area contributed by atoms with Crippen LogP contribution in [-0.4, -0.2) is 17.9 Å². The lowest BCUT2D eigenvalue weighted by molar-refractivity contribution is -0.151. The normalized spacial score (nSPS) is 8.95. The largest absolute Gasteiger partial charge is 0.424 e. The molecule has 0 N–H and O–H groups in total. The van der Waals surface area contributed by atoms with Crippen molar-refractivity contribution in [1.82, 2.24) is 0 Å². The second-order valence-corrected chi connectivity index (χ2v) is 3.96. The van der Waals surface area contributed by atoms with Crippen LogP contribution in [0.1, 0.15) is 20.8 Å². The van der Waals surface area contributed by atoms with Gasteiger partial charge in [0.25, 0.3) is 0 Å². The van der Waals surface area contributed by atoms with Gasteiger partial charge in [-0.3, -0.25) is 0 Å². The van der Waals surface area contributed by atoms with Gasteiger partial charge in [0.05, 0.1) is 0 Å². The molecule has 0 aliphatic rings. The van der Waals surface area contributed by atoms with Crippen molar-refractivity contribution in [2.24, 2.45) is 0 Å². The summed E-state index contributed by atoms with van der Waals surface area (Å²) in [6.07, 6.45) is 0.693. The van der Waals surface area contributed by atoms with E-state index in [-0.39, 0.29) is 16.7 Å². The molecule has 0 aliphatic carbocycles. The third-order valence-electron chi connectivity index (χ3n) is 1.69. The van der Waals surface area contributed by atoms with Crippen LogP contribution in [-0.2, 0) is 28.6 Å². The fraction of sp³-hybridized carbons (Fsp3) is 0.214. The summed E-state index contributed by atoms with van der Waals surface area (Å²) >= 11 is 0. The summed E-state index contributed by atoms with van der Waals surface area (Å²) in [5.74, 6) is -3.03. The summed E-state index contributed by atoms with van der Waals surface area (Å²) < 4.78 is 14.0. The van der Waals surface area contributed by atoms with Crippen molar-refractivity contribution in [2.75, 3.05) is 0 Å². The highest BCUT2D eigenvalue weighted by Gasteiger charge is 2.15. The Hall–Kier alpha value is -2.63. The summed E-state index contributed by atoms with van der Waals surface area (Å²) in [6, 6.07) is 0. The van der Waals surface area contributed by atoms with Gasteiger partial charge in [-0.25, -0.2) is 14.4 Å². The molecule has 0 aromatic carbocycles. The van der Waals surface area contributed by atoms with Gasteiger partial charge >= 0.3 is 23.9 Å². The van der Waals surface area contributed by atoms with Crippen LogP contribution in [0.2, 0.25) is 0 Å². The predicted octanol–water partition coefficient (Wildman–Crippen LogP) is 2.14. The van der Waals surface area contributed by atoms with Crippen molar-refractivity contribution in [2.45, 2.75) is 20.8 Å². The average molecular weight is 280 g/mol. The van der Waals surface area contributed by atoms with E-state index < -0.39 is 23.9 Å². The Kier molecular flexibility index (Phi) is 6.71. The van der Waals surface area contributed by atoms with Crippen LogP contribution in [0.4, 0.5) is 0 Å². The van der Waals surface area contributed by atoms with Gasteiger partial charge in [-0.05, 0) is 20.8 Å². The zero-order chi connectivity index (χ0) is 15.9. The molecule has 0 bridgehead atoms. The Labute approximate surface area is 117 Å². The first kappa shape index (κ1) is 17.4. The molecule has 0 heterocycles. The van der Waals surface area contributed by atoms with Gasteiger partial charge in [0.2, 0.25) is 0 Å². The minimum absolute atomic E-state index is 0.0773. The fourth-order valence-corrected chi connectivity index (χ4v) is 0.628. The topological polar surface area (TPSA) is 78.9 Å². The van der Waals surface area contributed by atoms with Gasteiger partial charge in [0.1, 0.15) is 0 Å². The van der Waals surface area contributed by atoms with Crippen molar-refractivity contribution in [3.63, 3.8) is 0 Å². The zero-order valence-electron chi connectivity index (χ0n) is 11.6. The molecule has 0 saturated heterocycles. The standard InChI is InChI=1S/C14H16O6/c1-8(2)12(15)18-7-11(19-13(16)9(3)4)20-14(17)10(5)6/h7H,1,3,5H2,2,4,6H3. The van der Waals surface area contributed by atoms with E-state index in [1.54, 1.807) is 0 Å². The molecule has 0 unspecified atom stereocenters. The molecule has 0 aromatic heterocycles. The molecule has 0 saturated carbocycles. The summed E-state index contributed by atoms with van der Waals surface area (Å²) in [5.41, 5.74) is 0.278. The monoisotopic (exact) mass is 280 g/mol. The molecule has 0 aliphatic heterocycles. The van der Waals surface area contributed by atoms with Crippen molar-refractivity contribution in [1.29, 1.82) is 0 Å². The smallest absolute Gasteiger partial charge is 0.340 e. The Morgan fingerprint density at radius 2 is 1.10 bits per heavy atom. The van der Waals surface area contributed by atoms with Crippen LogP contribution in [0.3, 0.4) is 0 Å². The van der Waals surface area contributed by atoms with Gasteiger partial charge in [-0.2, -0.15) is 0 Å². The maximum absolute atomic E-state index is 11.3. The highest BCUT2D eigenvalue weighted by molar-refractivity contribution is 5.90. The van der Waals surface area contributed by atoms with E-state index in [4.69, 9.17) is 9.47 Å². The number of rotatable bonds is 6. The maximum Gasteiger partial charge on any atom is 0.340 e. The number of carbonyl (C=O) groups is 3. The molecule has 0 fully saturated rings. The molecule has 0 aromatic rings.